The average molecular weight is 399 g/mol. The van der Waals surface area contributed by atoms with E-state index in [0.717, 1.165) is 26.2 Å². The van der Waals surface area contributed by atoms with E-state index < -0.39 is 23.3 Å². The first-order chi connectivity index (χ1) is 13.1. The number of carbonyl (C=O) groups is 1. The van der Waals surface area contributed by atoms with E-state index in [-0.39, 0.29) is 11.7 Å². The van der Waals surface area contributed by atoms with Gasteiger partial charge in [0.05, 0.1) is 11.0 Å². The second kappa shape index (κ2) is 7.58. The smallest absolute Gasteiger partial charge is 0.425 e. The monoisotopic (exact) mass is 399 g/mol. The van der Waals surface area contributed by atoms with Crippen molar-refractivity contribution in [1.82, 2.24) is 0 Å². The lowest BCUT2D eigenvalue weighted by molar-refractivity contribution is -0.189. The highest BCUT2D eigenvalue weighted by atomic mass is 19.4. The van der Waals surface area contributed by atoms with Gasteiger partial charge in [0.2, 0.25) is 5.91 Å². The number of ether oxygens (including phenoxy) is 1. The van der Waals surface area contributed by atoms with Crippen LogP contribution in [0.25, 0.3) is 0 Å². The Bertz CT molecular complexity index is 694. The van der Waals surface area contributed by atoms with Crippen molar-refractivity contribution in [2.45, 2.75) is 76.7 Å². The van der Waals surface area contributed by atoms with E-state index >= 15 is 0 Å². The van der Waals surface area contributed by atoms with Crippen LogP contribution < -0.4 is 9.64 Å². The molecule has 7 heteroatoms. The van der Waals surface area contributed by atoms with Crippen molar-refractivity contribution in [2.75, 3.05) is 11.4 Å². The minimum Gasteiger partial charge on any atom is -0.481 e. The zero-order valence-corrected chi connectivity index (χ0v) is 16.4. The molecular weight excluding hydrogens is 371 g/mol. The van der Waals surface area contributed by atoms with Crippen molar-refractivity contribution >= 4 is 11.6 Å². The number of amides is 1. The first kappa shape index (κ1) is 21.0. The molecule has 1 amide bonds. The number of benzene rings is 1. The van der Waals surface area contributed by atoms with Gasteiger partial charge in [0, 0.05) is 12.2 Å². The molecule has 1 spiro atoms. The van der Waals surface area contributed by atoms with Crippen molar-refractivity contribution in [3.05, 3.63) is 24.3 Å². The maximum atomic E-state index is 13.1. The molecule has 4 nitrogen and oxygen atoms in total. The van der Waals surface area contributed by atoms with Crippen molar-refractivity contribution < 1.29 is 27.8 Å². The van der Waals surface area contributed by atoms with Gasteiger partial charge in [-0.25, -0.2) is 0 Å². The number of nitrogens with zero attached hydrogens (tertiary/aromatic N) is 1. The van der Waals surface area contributed by atoms with Gasteiger partial charge in [0.1, 0.15) is 5.75 Å². The molecule has 0 radical (unpaired) electrons. The summed E-state index contributed by atoms with van der Waals surface area (Å²) in [5.74, 6) is 0.181. The highest BCUT2D eigenvalue weighted by Crippen LogP contribution is 2.49. The number of carbonyl (C=O) groups excluding carboxylic acids is 1. The van der Waals surface area contributed by atoms with Crippen LogP contribution in [0.1, 0.15) is 58.8 Å². The molecule has 1 aromatic rings. The second-order valence-corrected chi connectivity index (χ2v) is 8.26. The lowest BCUT2D eigenvalue weighted by Crippen LogP contribution is -2.43. The van der Waals surface area contributed by atoms with Gasteiger partial charge in [0.15, 0.2) is 6.10 Å². The molecule has 1 aliphatic heterocycles. The Morgan fingerprint density at radius 1 is 1.14 bits per heavy atom. The van der Waals surface area contributed by atoms with Gasteiger partial charge in [-0.3, -0.25) is 4.79 Å². The number of hydrogen-bond donors (Lipinski definition) is 1. The first-order valence-corrected chi connectivity index (χ1v) is 9.96. The van der Waals surface area contributed by atoms with Crippen molar-refractivity contribution in [2.24, 2.45) is 5.41 Å². The molecule has 1 aromatic carbocycles. The van der Waals surface area contributed by atoms with Crippen LogP contribution in [0.4, 0.5) is 18.9 Å². The Balaban J connectivity index is 1.65. The van der Waals surface area contributed by atoms with Crippen LogP contribution in [-0.4, -0.2) is 35.4 Å². The summed E-state index contributed by atoms with van der Waals surface area (Å²) in [6.45, 7) is 3.60. The Kier molecular flexibility index (Phi) is 5.67. The summed E-state index contributed by atoms with van der Waals surface area (Å²) < 4.78 is 42.8. The molecule has 3 rings (SSSR count). The predicted octanol–water partition coefficient (Wildman–Crippen LogP) is 4.84. The summed E-state index contributed by atoms with van der Waals surface area (Å²) in [5, 5.41) is 10.6. The number of anilines is 1. The van der Waals surface area contributed by atoms with Gasteiger partial charge in [-0.2, -0.15) is 13.2 Å². The fraction of sp³-hybridized carbons (Fsp3) is 0.667. The highest BCUT2D eigenvalue weighted by molar-refractivity contribution is 6.00. The highest BCUT2D eigenvalue weighted by Gasteiger charge is 2.51. The maximum absolute atomic E-state index is 13.1. The number of rotatable bonds is 5. The second-order valence-electron chi connectivity index (χ2n) is 8.26. The quantitative estimate of drug-likeness (QED) is 0.770. The third-order valence-electron chi connectivity index (χ3n) is 6.29. The van der Waals surface area contributed by atoms with E-state index in [1.165, 1.54) is 12.1 Å². The van der Waals surface area contributed by atoms with Crippen molar-refractivity contribution in [3.63, 3.8) is 0 Å². The zero-order valence-electron chi connectivity index (χ0n) is 16.4. The number of alkyl halides is 3. The number of aliphatic hydroxyl groups is 1. The van der Waals surface area contributed by atoms with E-state index in [4.69, 9.17) is 4.74 Å². The first-order valence-electron chi connectivity index (χ1n) is 9.96. The van der Waals surface area contributed by atoms with Crippen LogP contribution >= 0.6 is 0 Å². The SMILES string of the molecule is CCCC1(O)CCC2(CCN(c3ccc(O[C@@H](C)C(F)(F)F)cc3)C2=O)CC1. The third-order valence-corrected chi connectivity index (χ3v) is 6.29. The molecule has 0 aromatic heterocycles. The predicted molar refractivity (Wildman–Crippen MR) is 100 cm³/mol. The zero-order chi connectivity index (χ0) is 20.6. The topological polar surface area (TPSA) is 49.8 Å². The van der Waals surface area contributed by atoms with Gasteiger partial charge in [-0.15, -0.1) is 0 Å². The molecular formula is C21H28F3NO3. The fourth-order valence-corrected chi connectivity index (χ4v) is 4.42. The molecule has 1 atom stereocenters. The van der Waals surface area contributed by atoms with Crippen LogP contribution in [0, 0.1) is 5.41 Å². The van der Waals surface area contributed by atoms with Crippen LogP contribution in [0.2, 0.25) is 0 Å². The molecule has 1 aliphatic carbocycles. The van der Waals surface area contributed by atoms with Gasteiger partial charge in [0.25, 0.3) is 0 Å². The van der Waals surface area contributed by atoms with Gasteiger partial charge in [-0.1, -0.05) is 13.3 Å². The summed E-state index contributed by atoms with van der Waals surface area (Å²) in [5.41, 5.74) is -0.398. The van der Waals surface area contributed by atoms with Crippen LogP contribution in [-0.2, 0) is 4.79 Å². The Morgan fingerprint density at radius 2 is 1.75 bits per heavy atom. The molecule has 0 bridgehead atoms. The van der Waals surface area contributed by atoms with Crippen LogP contribution in [0.5, 0.6) is 5.75 Å². The van der Waals surface area contributed by atoms with Crippen molar-refractivity contribution in [3.8, 4) is 5.75 Å². The van der Waals surface area contributed by atoms with E-state index in [1.54, 1.807) is 17.0 Å². The normalized spacial score (nSPS) is 29.4. The Labute approximate surface area is 163 Å². The Morgan fingerprint density at radius 3 is 2.29 bits per heavy atom. The van der Waals surface area contributed by atoms with Gasteiger partial charge in [-0.05, 0) is 69.7 Å². The largest absolute Gasteiger partial charge is 0.481 e. The minimum absolute atomic E-state index is 0.0587. The summed E-state index contributed by atoms with van der Waals surface area (Å²) in [6.07, 6.45) is -1.23. The van der Waals surface area contributed by atoms with Gasteiger partial charge < -0.3 is 14.7 Å². The van der Waals surface area contributed by atoms with Crippen LogP contribution in [0.3, 0.4) is 0 Å². The maximum Gasteiger partial charge on any atom is 0.425 e. The average Bonchev–Trinajstić information content (AvgIpc) is 2.95. The molecule has 156 valence electrons. The summed E-state index contributed by atoms with van der Waals surface area (Å²) in [7, 11) is 0. The molecule has 1 saturated heterocycles. The Hall–Kier alpha value is -1.76. The van der Waals surface area contributed by atoms with E-state index in [9.17, 15) is 23.1 Å². The summed E-state index contributed by atoms with van der Waals surface area (Å²) in [4.78, 5) is 14.8. The molecule has 1 heterocycles. The molecule has 2 fully saturated rings. The fourth-order valence-electron chi connectivity index (χ4n) is 4.42. The third kappa shape index (κ3) is 4.14. The lowest BCUT2D eigenvalue weighted by Gasteiger charge is -2.41. The van der Waals surface area contributed by atoms with E-state index in [1.807, 2.05) is 6.92 Å². The molecule has 28 heavy (non-hydrogen) atoms. The lowest BCUT2D eigenvalue weighted by atomic mass is 9.67. The van der Waals surface area contributed by atoms with Gasteiger partial charge >= 0.3 is 6.18 Å². The molecule has 0 unspecified atom stereocenters. The number of halogens is 3. The summed E-state index contributed by atoms with van der Waals surface area (Å²) >= 11 is 0. The van der Waals surface area contributed by atoms with E-state index in [0.29, 0.717) is 37.9 Å². The summed E-state index contributed by atoms with van der Waals surface area (Å²) in [6, 6.07) is 6.20. The minimum atomic E-state index is -4.42. The van der Waals surface area contributed by atoms with E-state index in [2.05, 4.69) is 0 Å². The standard InChI is InChI=1S/C21H28F3NO3/c1-3-8-20(27)11-9-19(10-12-20)13-14-25(18(19)26)16-4-6-17(7-5-16)28-15(2)21(22,23)24/h4-7,15,27H,3,8-14H2,1-2H3/t15-,19?,20?/m0/s1. The molecule has 1 N–H and O–H groups in total. The molecule has 2 aliphatic rings. The van der Waals surface area contributed by atoms with Crippen molar-refractivity contribution in [1.29, 1.82) is 0 Å². The van der Waals surface area contributed by atoms with Crippen LogP contribution in [0.15, 0.2) is 24.3 Å². The molecule has 1 saturated carbocycles. The number of hydrogen-bond acceptors (Lipinski definition) is 3.